The van der Waals surface area contributed by atoms with E-state index in [1.165, 1.54) is 24.3 Å². The molecule has 0 bridgehead atoms. The smallest absolute Gasteiger partial charge is 0.187 e. The second-order valence-electron chi connectivity index (χ2n) is 5.69. The van der Waals surface area contributed by atoms with Gasteiger partial charge in [0.2, 0.25) is 0 Å². The maximum atomic E-state index is 12.9. The fourth-order valence-electron chi connectivity index (χ4n) is 2.66. The summed E-state index contributed by atoms with van der Waals surface area (Å²) in [5.41, 5.74) is 1.65. The first-order valence-corrected chi connectivity index (χ1v) is 8.22. The molecule has 124 valence electrons. The van der Waals surface area contributed by atoms with Gasteiger partial charge in [0.15, 0.2) is 5.78 Å². The van der Waals surface area contributed by atoms with Crippen molar-refractivity contribution in [1.29, 1.82) is 0 Å². The molecule has 24 heavy (non-hydrogen) atoms. The lowest BCUT2D eigenvalue weighted by Crippen LogP contribution is -2.44. The van der Waals surface area contributed by atoms with Gasteiger partial charge in [0, 0.05) is 54.7 Å². The lowest BCUT2D eigenvalue weighted by atomic mass is 10.1. The second kappa shape index (κ2) is 7.49. The van der Waals surface area contributed by atoms with Gasteiger partial charge in [0.25, 0.3) is 0 Å². The Labute approximate surface area is 145 Å². The molecule has 0 spiro atoms. The monoisotopic (exact) mass is 344 g/mol. The SMILES string of the molecule is O=C(C=CN1CCN(c2ccc(Cl)cc2)CC1)c1ccc(F)cc1. The molecular formula is C19H18ClFN2O. The van der Waals surface area contributed by atoms with Crippen LogP contribution in [0.5, 0.6) is 0 Å². The first-order valence-electron chi connectivity index (χ1n) is 7.84. The molecule has 1 saturated heterocycles. The number of allylic oxidation sites excluding steroid dienone is 1. The van der Waals surface area contributed by atoms with Crippen molar-refractivity contribution < 1.29 is 9.18 Å². The van der Waals surface area contributed by atoms with E-state index in [0.717, 1.165) is 36.9 Å². The van der Waals surface area contributed by atoms with Crippen LogP contribution in [0, 0.1) is 5.82 Å². The van der Waals surface area contributed by atoms with Crippen molar-refractivity contribution in [3.05, 3.63) is 77.2 Å². The quantitative estimate of drug-likeness (QED) is 0.618. The van der Waals surface area contributed by atoms with E-state index >= 15 is 0 Å². The van der Waals surface area contributed by atoms with E-state index in [4.69, 9.17) is 11.6 Å². The zero-order chi connectivity index (χ0) is 16.9. The molecule has 2 aromatic carbocycles. The summed E-state index contributed by atoms with van der Waals surface area (Å²) in [4.78, 5) is 16.5. The van der Waals surface area contributed by atoms with E-state index in [0.29, 0.717) is 5.56 Å². The van der Waals surface area contributed by atoms with Crippen LogP contribution in [0.25, 0.3) is 0 Å². The number of anilines is 1. The molecule has 3 nitrogen and oxygen atoms in total. The molecule has 0 N–H and O–H groups in total. The van der Waals surface area contributed by atoms with Gasteiger partial charge in [-0.2, -0.15) is 0 Å². The largest absolute Gasteiger partial charge is 0.374 e. The molecule has 0 amide bonds. The number of hydrogen-bond donors (Lipinski definition) is 0. The summed E-state index contributed by atoms with van der Waals surface area (Å²) in [6, 6.07) is 13.4. The number of hydrogen-bond acceptors (Lipinski definition) is 3. The van der Waals surface area contributed by atoms with Crippen LogP contribution >= 0.6 is 11.6 Å². The Morgan fingerprint density at radius 3 is 2.21 bits per heavy atom. The predicted octanol–water partition coefficient (Wildman–Crippen LogP) is 4.00. The third-order valence-corrected chi connectivity index (χ3v) is 4.32. The Bertz CT molecular complexity index is 720. The summed E-state index contributed by atoms with van der Waals surface area (Å²) in [7, 11) is 0. The van der Waals surface area contributed by atoms with Crippen LogP contribution in [0.1, 0.15) is 10.4 Å². The molecule has 0 atom stereocenters. The van der Waals surface area contributed by atoms with Crippen LogP contribution in [0.2, 0.25) is 5.02 Å². The lowest BCUT2D eigenvalue weighted by Gasteiger charge is -2.35. The van der Waals surface area contributed by atoms with Gasteiger partial charge in [-0.05, 0) is 48.5 Å². The average Bonchev–Trinajstić information content (AvgIpc) is 2.61. The third kappa shape index (κ3) is 4.15. The fraction of sp³-hybridized carbons (Fsp3) is 0.211. The van der Waals surface area contributed by atoms with Crippen LogP contribution in [0.3, 0.4) is 0 Å². The Morgan fingerprint density at radius 1 is 0.958 bits per heavy atom. The van der Waals surface area contributed by atoms with Crippen molar-refractivity contribution in [1.82, 2.24) is 4.90 Å². The number of halogens is 2. The Morgan fingerprint density at radius 2 is 1.58 bits per heavy atom. The maximum Gasteiger partial charge on any atom is 0.187 e. The topological polar surface area (TPSA) is 23.6 Å². The van der Waals surface area contributed by atoms with Crippen molar-refractivity contribution in [3.63, 3.8) is 0 Å². The van der Waals surface area contributed by atoms with Gasteiger partial charge in [-0.3, -0.25) is 4.79 Å². The maximum absolute atomic E-state index is 12.9. The minimum Gasteiger partial charge on any atom is -0.374 e. The average molecular weight is 345 g/mol. The molecular weight excluding hydrogens is 327 g/mol. The number of benzene rings is 2. The molecule has 0 unspecified atom stereocenters. The van der Waals surface area contributed by atoms with Crippen LogP contribution in [0.4, 0.5) is 10.1 Å². The van der Waals surface area contributed by atoms with Crippen molar-refractivity contribution in [3.8, 4) is 0 Å². The van der Waals surface area contributed by atoms with Crippen molar-refractivity contribution in [2.45, 2.75) is 0 Å². The number of nitrogens with zero attached hydrogens (tertiary/aromatic N) is 2. The van der Waals surface area contributed by atoms with E-state index < -0.39 is 0 Å². The van der Waals surface area contributed by atoms with Gasteiger partial charge in [0.1, 0.15) is 5.82 Å². The fourth-order valence-corrected chi connectivity index (χ4v) is 2.79. The molecule has 2 aromatic rings. The van der Waals surface area contributed by atoms with Gasteiger partial charge in [-0.25, -0.2) is 4.39 Å². The van der Waals surface area contributed by atoms with Gasteiger partial charge in [-0.15, -0.1) is 0 Å². The number of ketones is 1. The molecule has 0 aliphatic carbocycles. The minimum atomic E-state index is -0.339. The summed E-state index contributed by atoms with van der Waals surface area (Å²) in [6.45, 7) is 3.46. The highest BCUT2D eigenvalue weighted by Gasteiger charge is 2.15. The first-order chi connectivity index (χ1) is 11.6. The zero-order valence-electron chi connectivity index (χ0n) is 13.2. The van der Waals surface area contributed by atoms with Crippen LogP contribution in [-0.4, -0.2) is 36.9 Å². The predicted molar refractivity (Wildman–Crippen MR) is 95.1 cm³/mol. The van der Waals surface area contributed by atoms with Gasteiger partial charge in [0.05, 0.1) is 0 Å². The summed E-state index contributed by atoms with van der Waals surface area (Å²) in [5.74, 6) is -0.455. The van der Waals surface area contributed by atoms with Crippen LogP contribution < -0.4 is 4.90 Å². The standard InChI is InChI=1S/C19H18ClFN2O/c20-16-3-7-18(8-4-16)23-13-11-22(12-14-23)10-9-19(24)15-1-5-17(21)6-2-15/h1-10H,11-14H2. The molecule has 1 heterocycles. The van der Waals surface area contributed by atoms with E-state index in [1.807, 2.05) is 30.5 Å². The summed E-state index contributed by atoms with van der Waals surface area (Å²) < 4.78 is 12.9. The molecule has 5 heteroatoms. The Balaban J connectivity index is 1.54. The van der Waals surface area contributed by atoms with E-state index in [2.05, 4.69) is 9.80 Å². The van der Waals surface area contributed by atoms with E-state index in [9.17, 15) is 9.18 Å². The third-order valence-electron chi connectivity index (χ3n) is 4.07. The van der Waals surface area contributed by atoms with Crippen LogP contribution in [0.15, 0.2) is 60.8 Å². The lowest BCUT2D eigenvalue weighted by molar-refractivity contribution is 0.104. The van der Waals surface area contributed by atoms with Gasteiger partial charge >= 0.3 is 0 Å². The number of carbonyl (C=O) groups is 1. The summed E-state index contributed by atoms with van der Waals surface area (Å²) in [5, 5.41) is 0.736. The molecule has 0 radical (unpaired) electrons. The van der Waals surface area contributed by atoms with Crippen LogP contribution in [-0.2, 0) is 0 Å². The van der Waals surface area contributed by atoms with Gasteiger partial charge < -0.3 is 9.80 Å². The normalized spacial score (nSPS) is 15.1. The van der Waals surface area contributed by atoms with Crippen molar-refractivity contribution in [2.24, 2.45) is 0 Å². The van der Waals surface area contributed by atoms with E-state index in [1.54, 1.807) is 6.08 Å². The molecule has 1 aliphatic rings. The Kier molecular flexibility index (Phi) is 5.16. The molecule has 0 aromatic heterocycles. The first kappa shape index (κ1) is 16.5. The second-order valence-corrected chi connectivity index (χ2v) is 6.12. The highest BCUT2D eigenvalue weighted by molar-refractivity contribution is 6.30. The molecule has 0 saturated carbocycles. The highest BCUT2D eigenvalue weighted by Crippen LogP contribution is 2.19. The molecule has 3 rings (SSSR count). The summed E-state index contributed by atoms with van der Waals surface area (Å²) in [6.07, 6.45) is 3.37. The Hall–Kier alpha value is -2.33. The molecule has 1 fully saturated rings. The van der Waals surface area contributed by atoms with Crippen molar-refractivity contribution >= 4 is 23.1 Å². The van der Waals surface area contributed by atoms with E-state index in [-0.39, 0.29) is 11.6 Å². The summed E-state index contributed by atoms with van der Waals surface area (Å²) >= 11 is 5.92. The zero-order valence-corrected chi connectivity index (χ0v) is 13.9. The molecule has 1 aliphatic heterocycles. The minimum absolute atomic E-state index is 0.116. The van der Waals surface area contributed by atoms with Gasteiger partial charge in [-0.1, -0.05) is 11.6 Å². The number of rotatable bonds is 4. The number of carbonyl (C=O) groups excluding carboxylic acids is 1. The van der Waals surface area contributed by atoms with Crippen molar-refractivity contribution in [2.75, 3.05) is 31.1 Å². The highest BCUT2D eigenvalue weighted by atomic mass is 35.5. The number of piperazine rings is 1.